The highest BCUT2D eigenvalue weighted by Crippen LogP contribution is 2.69. The lowest BCUT2D eigenvalue weighted by molar-refractivity contribution is -0.0751. The Balaban J connectivity index is 0.878. The van der Waals surface area contributed by atoms with Crippen molar-refractivity contribution >= 4 is 0 Å². The molecule has 0 aromatic heterocycles. The quantitative estimate of drug-likeness (QED) is 0.166. The highest BCUT2D eigenvalue weighted by molar-refractivity contribution is 5.61. The van der Waals surface area contributed by atoms with Gasteiger partial charge in [-0.2, -0.15) is 0 Å². The first kappa shape index (κ1) is 61.2. The molecule has 0 radical (unpaired) electrons. The molecule has 4 N–H and O–H groups in total. The van der Waals surface area contributed by atoms with Crippen molar-refractivity contribution in [1.29, 1.82) is 0 Å². The van der Waals surface area contributed by atoms with Crippen LogP contribution in [0.15, 0.2) is 133 Å². The second kappa shape index (κ2) is 24.5. The summed E-state index contributed by atoms with van der Waals surface area (Å²) in [5, 5.41) is 0. The molecular weight excluding hydrogens is 1210 g/mol. The predicted octanol–water partition coefficient (Wildman–Crippen LogP) is 16.2. The van der Waals surface area contributed by atoms with Crippen molar-refractivity contribution in [1.82, 2.24) is 0 Å². The van der Waals surface area contributed by atoms with Crippen LogP contribution in [0.1, 0.15) is 190 Å². The third-order valence-corrected chi connectivity index (χ3v) is 25.8. The summed E-state index contributed by atoms with van der Waals surface area (Å²) in [5.41, 5.74) is 34.7. The number of para-hydroxylation sites is 6. The number of fused-ring (bicyclic) bond motifs is 12. The van der Waals surface area contributed by atoms with Gasteiger partial charge in [-0.15, -0.1) is 0 Å². The molecule has 10 heteroatoms. The summed E-state index contributed by atoms with van der Waals surface area (Å²) in [6, 6.07) is 50.9. The van der Waals surface area contributed by atoms with Gasteiger partial charge in [-0.05, 0) is 248 Å². The number of rotatable bonds is 6. The summed E-state index contributed by atoms with van der Waals surface area (Å²) < 4.78 is 59.9. The fourth-order valence-electron chi connectivity index (χ4n) is 23.2. The van der Waals surface area contributed by atoms with E-state index in [0.29, 0.717) is 128 Å². The fourth-order valence-corrected chi connectivity index (χ4v) is 23.2. The third kappa shape index (κ3) is 10.9. The Hall–Kier alpha value is -7.92. The molecule has 8 aromatic carbocycles. The van der Waals surface area contributed by atoms with Gasteiger partial charge in [0.1, 0.15) is 98.9 Å². The highest BCUT2D eigenvalue weighted by Gasteiger charge is 2.59. The molecular formula is C88H94N2O8. The van der Waals surface area contributed by atoms with Gasteiger partial charge in [0.2, 0.25) is 0 Å². The largest absolute Gasteiger partial charge is 0.489 e. The molecule has 504 valence electrons. The first-order valence-corrected chi connectivity index (χ1v) is 37.5. The summed E-state index contributed by atoms with van der Waals surface area (Å²) in [4.78, 5) is 0. The molecule has 4 unspecified atom stereocenters. The second-order valence-corrected chi connectivity index (χ2v) is 32.4. The monoisotopic (exact) mass is 1310 g/mol. The second-order valence-electron chi connectivity index (χ2n) is 32.4. The lowest BCUT2D eigenvalue weighted by atomic mass is 9.42. The normalized spacial score (nSPS) is 27.5. The van der Waals surface area contributed by atoms with Crippen molar-refractivity contribution in [3.05, 3.63) is 234 Å². The molecule has 4 heterocycles. The number of hydrogen-bond donors (Lipinski definition) is 2. The lowest BCUT2D eigenvalue weighted by Gasteiger charge is -2.63. The molecule has 10 aliphatic carbocycles. The van der Waals surface area contributed by atoms with Gasteiger partial charge in [0.15, 0.2) is 0 Å². The van der Waals surface area contributed by atoms with Crippen LogP contribution in [-0.2, 0) is 62.2 Å². The van der Waals surface area contributed by atoms with Crippen molar-refractivity contribution in [2.24, 2.45) is 46.0 Å². The predicted molar refractivity (Wildman–Crippen MR) is 383 cm³/mol. The Morgan fingerprint density at radius 1 is 0.265 bits per heavy atom. The molecule has 8 fully saturated rings. The van der Waals surface area contributed by atoms with E-state index >= 15 is 0 Å². The minimum Gasteiger partial charge on any atom is -0.489 e. The molecule has 10 nitrogen and oxygen atoms in total. The van der Waals surface area contributed by atoms with Gasteiger partial charge in [0, 0.05) is 51.4 Å². The molecule has 8 atom stereocenters. The highest BCUT2D eigenvalue weighted by atomic mass is 16.5. The van der Waals surface area contributed by atoms with Crippen LogP contribution in [0.4, 0.5) is 0 Å². The number of benzene rings is 8. The summed E-state index contributed by atoms with van der Waals surface area (Å²) in [5.74, 6) is 9.97. The number of hydrogen-bond acceptors (Lipinski definition) is 10. The maximum Gasteiger partial charge on any atom is 0.126 e. The molecule has 22 rings (SSSR count). The summed E-state index contributed by atoms with van der Waals surface area (Å²) >= 11 is 0. The molecule has 0 spiro atoms. The molecule has 8 aromatic rings. The topological polar surface area (TPSA) is 126 Å². The lowest BCUT2D eigenvalue weighted by Crippen LogP contribution is -2.54. The van der Waals surface area contributed by atoms with Crippen LogP contribution in [-0.4, -0.2) is 65.9 Å². The first-order chi connectivity index (χ1) is 48.1. The SMILES string of the molecule is NCCC12C[C@H]3C[C@@H](C1)CC(c1cc4c5c(c1)Cc1cccc6c1OCCOc1c7cccc1Cc1cccc8c1OCCOc1c(cc(C9%10C[C@@H]%11C[C@@H](CC(CCN)(C%11)C9)C%10)cc1C6)Cc1cccc(c1OCCOc1c(cccc1C8)Cc1cccc(c1OCCO5)C7)C4)(C3)C2. The molecule has 0 amide bonds. The van der Waals surface area contributed by atoms with Gasteiger partial charge in [-0.3, -0.25) is 0 Å². The average Bonchev–Trinajstić information content (AvgIpc) is 0.716. The zero-order valence-corrected chi connectivity index (χ0v) is 57.1. The molecule has 8 saturated carbocycles. The van der Waals surface area contributed by atoms with Crippen LogP contribution < -0.4 is 49.4 Å². The van der Waals surface area contributed by atoms with Gasteiger partial charge >= 0.3 is 0 Å². The van der Waals surface area contributed by atoms with Gasteiger partial charge in [-0.25, -0.2) is 0 Å². The van der Waals surface area contributed by atoms with Crippen molar-refractivity contribution < 1.29 is 37.9 Å². The first-order valence-electron chi connectivity index (χ1n) is 37.5. The molecule has 14 aliphatic rings. The van der Waals surface area contributed by atoms with Crippen molar-refractivity contribution in [3.8, 4) is 46.0 Å². The standard InChI is InChI=1S/C88H94N2O8/c89-21-19-85-45-55-31-56(46-85)50-87(49-55,53-85)75-41-71-37-67-15-5-16-68-38-72-42-76(88-51-57-32-58(52-88)48-86(47-57,54-88)20-22-90)44-74-40-70-18-6-17-69-39-73(43-75)83(71)97-29-27-93-79-63-11-3-13-65(79)35-61-9-2-10-62(78(61)92-24-26-96-82(69)70)36-66-14-4-12-64(80(66)94-28-30-98-84(72)74)34-60-8-1-7-59(33-63)77(60)91-23-25-95-81(67)68/h1-18,41-44,55-58H,19-40,45-54,89-90H2/t55-,56+,57-,58+,85?,86?,87?,88?. The Morgan fingerprint density at radius 2 is 0.459 bits per heavy atom. The summed E-state index contributed by atoms with van der Waals surface area (Å²) in [7, 11) is 0. The van der Waals surface area contributed by atoms with E-state index in [1.807, 2.05) is 0 Å². The zero-order valence-electron chi connectivity index (χ0n) is 57.1. The molecule has 98 heavy (non-hydrogen) atoms. The maximum absolute atomic E-state index is 7.62. The Bertz CT molecular complexity index is 3970. The van der Waals surface area contributed by atoms with Gasteiger partial charge in [0.25, 0.3) is 0 Å². The smallest absolute Gasteiger partial charge is 0.126 e. The number of ether oxygens (including phenoxy) is 8. The number of nitrogens with two attached hydrogens (primary N) is 2. The molecule has 4 aliphatic heterocycles. The average molecular weight is 1310 g/mol. The van der Waals surface area contributed by atoms with Crippen LogP contribution in [0.3, 0.4) is 0 Å². The molecule has 32 bridgehead atoms. The molecule has 0 saturated heterocycles. The van der Waals surface area contributed by atoms with E-state index < -0.39 is 0 Å². The van der Waals surface area contributed by atoms with E-state index in [1.165, 1.54) is 110 Å². The van der Waals surface area contributed by atoms with E-state index in [0.717, 1.165) is 139 Å². The van der Waals surface area contributed by atoms with Crippen molar-refractivity contribution in [2.45, 2.75) is 152 Å². The Kier molecular flexibility index (Phi) is 15.3. The van der Waals surface area contributed by atoms with Gasteiger partial charge in [-0.1, -0.05) is 133 Å². The zero-order chi connectivity index (χ0) is 65.2. The van der Waals surface area contributed by atoms with Crippen LogP contribution in [0.25, 0.3) is 0 Å². The Morgan fingerprint density at radius 3 is 0.663 bits per heavy atom. The maximum atomic E-state index is 7.62. The van der Waals surface area contributed by atoms with Crippen LogP contribution >= 0.6 is 0 Å². The van der Waals surface area contributed by atoms with E-state index in [2.05, 4.69) is 133 Å². The van der Waals surface area contributed by atoms with E-state index in [-0.39, 0.29) is 21.7 Å². The minimum atomic E-state index is 0.0290. The van der Waals surface area contributed by atoms with Gasteiger partial charge in [0.05, 0.1) is 0 Å². The van der Waals surface area contributed by atoms with Crippen LogP contribution in [0.2, 0.25) is 0 Å². The van der Waals surface area contributed by atoms with Crippen LogP contribution in [0.5, 0.6) is 46.0 Å². The summed E-state index contributed by atoms with van der Waals surface area (Å²) in [6.07, 6.45) is 22.0. The fraction of sp³-hybridized carbons (Fsp3) is 0.455. The summed E-state index contributed by atoms with van der Waals surface area (Å²) in [6.45, 7) is 4.13. The Labute approximate surface area is 578 Å². The van der Waals surface area contributed by atoms with Crippen LogP contribution in [0, 0.1) is 34.5 Å². The van der Waals surface area contributed by atoms with E-state index in [4.69, 9.17) is 49.4 Å². The van der Waals surface area contributed by atoms with Gasteiger partial charge < -0.3 is 49.4 Å². The van der Waals surface area contributed by atoms with E-state index in [1.54, 1.807) is 0 Å². The van der Waals surface area contributed by atoms with Crippen molar-refractivity contribution in [2.75, 3.05) is 65.9 Å². The minimum absolute atomic E-state index is 0.0290. The third-order valence-electron chi connectivity index (χ3n) is 25.8. The van der Waals surface area contributed by atoms with E-state index in [9.17, 15) is 0 Å². The van der Waals surface area contributed by atoms with Crippen molar-refractivity contribution in [3.63, 3.8) is 0 Å².